The minimum atomic E-state index is 0.401. The molecule has 20 heavy (non-hydrogen) atoms. The molecule has 3 rings (SSSR count). The van der Waals surface area contributed by atoms with E-state index in [0.717, 1.165) is 24.3 Å². The van der Waals surface area contributed by atoms with Gasteiger partial charge < -0.3 is 5.73 Å². The van der Waals surface area contributed by atoms with E-state index in [4.69, 9.17) is 5.73 Å². The topological polar surface area (TPSA) is 29.3 Å². The summed E-state index contributed by atoms with van der Waals surface area (Å²) in [6, 6.07) is 9.68. The number of hydrogen-bond acceptors (Lipinski definition) is 2. The van der Waals surface area contributed by atoms with Crippen LogP contribution in [0.5, 0.6) is 0 Å². The Labute approximate surface area is 123 Å². The van der Waals surface area contributed by atoms with Crippen molar-refractivity contribution in [2.24, 2.45) is 17.6 Å². The molecule has 2 N–H and O–H groups in total. The van der Waals surface area contributed by atoms with E-state index in [1.54, 1.807) is 0 Å². The highest BCUT2D eigenvalue weighted by molar-refractivity contribution is 5.30. The summed E-state index contributed by atoms with van der Waals surface area (Å²) in [4.78, 5) is 2.59. The van der Waals surface area contributed by atoms with Crippen molar-refractivity contribution in [1.29, 1.82) is 0 Å². The molecule has 3 unspecified atom stereocenters. The van der Waals surface area contributed by atoms with Crippen molar-refractivity contribution in [2.75, 3.05) is 19.6 Å². The Kier molecular flexibility index (Phi) is 4.13. The molecule has 1 aliphatic heterocycles. The lowest BCUT2D eigenvalue weighted by Gasteiger charge is -2.40. The molecule has 1 heterocycles. The number of nitrogens with zero attached hydrogens (tertiary/aromatic N) is 1. The molecule has 3 atom stereocenters. The van der Waals surface area contributed by atoms with Crippen molar-refractivity contribution in [3.63, 3.8) is 0 Å². The van der Waals surface area contributed by atoms with Crippen LogP contribution in [-0.4, -0.2) is 24.5 Å². The van der Waals surface area contributed by atoms with Gasteiger partial charge in [-0.3, -0.25) is 4.90 Å². The zero-order valence-electron chi connectivity index (χ0n) is 12.9. The lowest BCUT2D eigenvalue weighted by molar-refractivity contribution is 0.0983. The van der Waals surface area contributed by atoms with E-state index in [1.165, 1.54) is 43.5 Å². The van der Waals surface area contributed by atoms with Crippen LogP contribution in [0.1, 0.15) is 56.2 Å². The first-order valence-corrected chi connectivity index (χ1v) is 8.23. The molecule has 1 saturated heterocycles. The van der Waals surface area contributed by atoms with Crippen LogP contribution in [-0.2, 0) is 0 Å². The normalized spacial score (nSPS) is 29.4. The van der Waals surface area contributed by atoms with Gasteiger partial charge in [0.15, 0.2) is 0 Å². The predicted octanol–water partition coefficient (Wildman–Crippen LogP) is 3.54. The van der Waals surface area contributed by atoms with Crippen LogP contribution in [0.2, 0.25) is 0 Å². The van der Waals surface area contributed by atoms with Gasteiger partial charge in [-0.05, 0) is 54.7 Å². The first-order chi connectivity index (χ1) is 9.69. The minimum absolute atomic E-state index is 0.401. The highest BCUT2D eigenvalue weighted by atomic mass is 15.2. The van der Waals surface area contributed by atoms with Crippen molar-refractivity contribution in [1.82, 2.24) is 4.90 Å². The number of rotatable bonds is 4. The largest absolute Gasteiger partial charge is 0.329 e. The van der Waals surface area contributed by atoms with Gasteiger partial charge >= 0.3 is 0 Å². The number of piperidine rings is 1. The van der Waals surface area contributed by atoms with Gasteiger partial charge in [-0.15, -0.1) is 0 Å². The Morgan fingerprint density at radius 3 is 2.35 bits per heavy atom. The summed E-state index contributed by atoms with van der Waals surface area (Å²) in [6.07, 6.45) is 4.06. The Balaban J connectivity index is 1.71. The second-order valence-electron chi connectivity index (χ2n) is 6.93. The maximum absolute atomic E-state index is 6.08. The SMILES string of the molecule is CC1CCN(C(CN)c2ccc(C3CC3)cc2)CC1C. The third-order valence-electron chi connectivity index (χ3n) is 5.40. The minimum Gasteiger partial charge on any atom is -0.329 e. The van der Waals surface area contributed by atoms with Crippen LogP contribution >= 0.6 is 0 Å². The molecule has 1 aromatic carbocycles. The van der Waals surface area contributed by atoms with Gasteiger partial charge in [0.05, 0.1) is 0 Å². The number of hydrogen-bond donors (Lipinski definition) is 1. The average Bonchev–Trinajstić information content (AvgIpc) is 3.29. The molecule has 1 aliphatic carbocycles. The van der Waals surface area contributed by atoms with E-state index in [2.05, 4.69) is 43.0 Å². The van der Waals surface area contributed by atoms with Crippen LogP contribution < -0.4 is 5.73 Å². The van der Waals surface area contributed by atoms with Crippen molar-refractivity contribution in [3.8, 4) is 0 Å². The first-order valence-electron chi connectivity index (χ1n) is 8.23. The molecular weight excluding hydrogens is 244 g/mol. The summed E-state index contributed by atoms with van der Waals surface area (Å²) in [5, 5.41) is 0. The van der Waals surface area contributed by atoms with Crippen LogP contribution in [0.3, 0.4) is 0 Å². The van der Waals surface area contributed by atoms with E-state index in [1.807, 2.05) is 0 Å². The van der Waals surface area contributed by atoms with Gasteiger partial charge in [0.2, 0.25) is 0 Å². The maximum Gasteiger partial charge on any atom is 0.0470 e. The monoisotopic (exact) mass is 272 g/mol. The molecule has 0 bridgehead atoms. The molecule has 2 heteroatoms. The Morgan fingerprint density at radius 1 is 1.10 bits per heavy atom. The van der Waals surface area contributed by atoms with Crippen molar-refractivity contribution < 1.29 is 0 Å². The summed E-state index contributed by atoms with van der Waals surface area (Å²) in [6.45, 7) is 7.86. The number of nitrogens with two attached hydrogens (primary N) is 1. The van der Waals surface area contributed by atoms with Gasteiger partial charge in [-0.1, -0.05) is 38.1 Å². The van der Waals surface area contributed by atoms with Crippen LogP contribution in [0.4, 0.5) is 0 Å². The Morgan fingerprint density at radius 2 is 1.80 bits per heavy atom. The molecule has 2 aliphatic rings. The standard InChI is InChI=1S/C18H28N2/c1-13-9-10-20(12-14(13)2)18(11-19)17-7-5-16(6-8-17)15-3-4-15/h5-8,13-15,18H,3-4,9-12,19H2,1-2H3. The summed E-state index contributed by atoms with van der Waals surface area (Å²) < 4.78 is 0. The Hall–Kier alpha value is -0.860. The van der Waals surface area contributed by atoms with Gasteiger partial charge in [0, 0.05) is 19.1 Å². The highest BCUT2D eigenvalue weighted by Crippen LogP contribution is 2.40. The van der Waals surface area contributed by atoms with E-state index in [0.29, 0.717) is 6.04 Å². The third-order valence-corrected chi connectivity index (χ3v) is 5.40. The zero-order valence-corrected chi connectivity index (χ0v) is 12.9. The quantitative estimate of drug-likeness (QED) is 0.908. The first kappa shape index (κ1) is 14.1. The second kappa shape index (κ2) is 5.87. The van der Waals surface area contributed by atoms with Crippen molar-refractivity contribution in [2.45, 2.75) is 45.1 Å². The lowest BCUT2D eigenvalue weighted by atomic mass is 9.87. The zero-order chi connectivity index (χ0) is 14.1. The molecular formula is C18H28N2. The van der Waals surface area contributed by atoms with Gasteiger partial charge in [0.25, 0.3) is 0 Å². The molecule has 0 aromatic heterocycles. The molecule has 0 amide bonds. The van der Waals surface area contributed by atoms with Gasteiger partial charge in [-0.2, -0.15) is 0 Å². The summed E-state index contributed by atoms with van der Waals surface area (Å²) in [5.74, 6) is 2.47. The maximum atomic E-state index is 6.08. The van der Waals surface area contributed by atoms with Crippen molar-refractivity contribution in [3.05, 3.63) is 35.4 Å². The molecule has 2 fully saturated rings. The van der Waals surface area contributed by atoms with Gasteiger partial charge in [-0.25, -0.2) is 0 Å². The molecule has 0 radical (unpaired) electrons. The molecule has 0 spiro atoms. The molecule has 1 aromatic rings. The average molecular weight is 272 g/mol. The fourth-order valence-corrected chi connectivity index (χ4v) is 3.48. The Bertz CT molecular complexity index is 435. The van der Waals surface area contributed by atoms with Crippen LogP contribution in [0.25, 0.3) is 0 Å². The second-order valence-corrected chi connectivity index (χ2v) is 6.93. The van der Waals surface area contributed by atoms with Crippen molar-refractivity contribution >= 4 is 0 Å². The van der Waals surface area contributed by atoms with E-state index in [9.17, 15) is 0 Å². The molecule has 110 valence electrons. The predicted molar refractivity (Wildman–Crippen MR) is 84.7 cm³/mol. The molecule has 2 nitrogen and oxygen atoms in total. The fraction of sp³-hybridized carbons (Fsp3) is 0.667. The number of benzene rings is 1. The fourth-order valence-electron chi connectivity index (χ4n) is 3.48. The molecule has 1 saturated carbocycles. The van der Waals surface area contributed by atoms with E-state index >= 15 is 0 Å². The van der Waals surface area contributed by atoms with Crippen LogP contribution in [0.15, 0.2) is 24.3 Å². The number of likely N-dealkylation sites (tertiary alicyclic amines) is 1. The van der Waals surface area contributed by atoms with E-state index < -0.39 is 0 Å². The van der Waals surface area contributed by atoms with Gasteiger partial charge in [0.1, 0.15) is 0 Å². The smallest absolute Gasteiger partial charge is 0.0470 e. The van der Waals surface area contributed by atoms with Crippen LogP contribution in [0, 0.1) is 11.8 Å². The highest BCUT2D eigenvalue weighted by Gasteiger charge is 2.28. The summed E-state index contributed by atoms with van der Waals surface area (Å²) in [7, 11) is 0. The van der Waals surface area contributed by atoms with E-state index in [-0.39, 0.29) is 0 Å². The lowest BCUT2D eigenvalue weighted by Crippen LogP contribution is -2.43. The third kappa shape index (κ3) is 2.91. The summed E-state index contributed by atoms with van der Waals surface area (Å²) >= 11 is 0. The summed E-state index contributed by atoms with van der Waals surface area (Å²) in [5.41, 5.74) is 9.00.